The number of hydrogen-bond acceptors (Lipinski definition) is 4. The van der Waals surface area contributed by atoms with Crippen molar-refractivity contribution in [3.8, 4) is 0 Å². The topological polar surface area (TPSA) is 37.6 Å². The summed E-state index contributed by atoms with van der Waals surface area (Å²) in [6, 6.07) is 2.79. The molecule has 0 amide bonds. The summed E-state index contributed by atoms with van der Waals surface area (Å²) < 4.78 is 11.6. The number of rotatable bonds is 5. The van der Waals surface area contributed by atoms with E-state index in [1.54, 1.807) is 0 Å². The first kappa shape index (κ1) is 14.1. The molecule has 0 spiro atoms. The molecule has 1 aromatic rings. The minimum Gasteiger partial charge on any atom is -0.468 e. The summed E-state index contributed by atoms with van der Waals surface area (Å²) >= 11 is 0. The Morgan fingerprint density at radius 3 is 3.15 bits per heavy atom. The maximum absolute atomic E-state index is 5.93. The zero-order valence-electron chi connectivity index (χ0n) is 12.4. The smallest absolute Gasteiger partial charge is 0.118 e. The number of ether oxygens (including phenoxy) is 1. The molecule has 0 bridgehead atoms. The number of fused-ring (bicyclic) bond motifs is 1. The number of morpholine rings is 1. The van der Waals surface area contributed by atoms with E-state index in [4.69, 9.17) is 9.15 Å². The van der Waals surface area contributed by atoms with Crippen LogP contribution in [0.5, 0.6) is 0 Å². The van der Waals surface area contributed by atoms with Crippen LogP contribution in [0.25, 0.3) is 0 Å². The Morgan fingerprint density at radius 1 is 1.35 bits per heavy atom. The number of hydrogen-bond donors (Lipinski definition) is 1. The molecule has 2 atom stereocenters. The molecule has 2 fully saturated rings. The van der Waals surface area contributed by atoms with Crippen LogP contribution >= 0.6 is 0 Å². The second-order valence-electron chi connectivity index (χ2n) is 5.93. The van der Waals surface area contributed by atoms with E-state index in [0.717, 1.165) is 38.5 Å². The molecule has 1 aliphatic heterocycles. The van der Waals surface area contributed by atoms with E-state index in [0.29, 0.717) is 12.1 Å². The van der Waals surface area contributed by atoms with Crippen LogP contribution in [-0.4, -0.2) is 36.7 Å². The summed E-state index contributed by atoms with van der Waals surface area (Å²) in [5.74, 6) is 1.09. The van der Waals surface area contributed by atoms with E-state index in [1.165, 1.54) is 31.2 Å². The molecule has 1 saturated carbocycles. The summed E-state index contributed by atoms with van der Waals surface area (Å²) in [5.41, 5.74) is 1.25. The van der Waals surface area contributed by atoms with Gasteiger partial charge in [0, 0.05) is 24.7 Å². The van der Waals surface area contributed by atoms with Crippen molar-refractivity contribution in [1.29, 1.82) is 0 Å². The van der Waals surface area contributed by atoms with Gasteiger partial charge >= 0.3 is 0 Å². The van der Waals surface area contributed by atoms with Crippen molar-refractivity contribution in [2.24, 2.45) is 0 Å². The van der Waals surface area contributed by atoms with E-state index in [1.807, 2.05) is 6.26 Å². The minimum absolute atomic E-state index is 0.452. The van der Waals surface area contributed by atoms with Gasteiger partial charge in [-0.2, -0.15) is 0 Å². The first-order valence-electron chi connectivity index (χ1n) is 7.99. The fourth-order valence-electron chi connectivity index (χ4n) is 3.44. The van der Waals surface area contributed by atoms with Gasteiger partial charge in [-0.05, 0) is 25.5 Å². The predicted molar refractivity (Wildman–Crippen MR) is 78.5 cm³/mol. The van der Waals surface area contributed by atoms with Gasteiger partial charge in [0.05, 0.1) is 25.5 Å². The van der Waals surface area contributed by atoms with E-state index >= 15 is 0 Å². The van der Waals surface area contributed by atoms with Gasteiger partial charge < -0.3 is 14.5 Å². The Balaban J connectivity index is 1.59. The number of nitrogens with zero attached hydrogens (tertiary/aromatic N) is 1. The van der Waals surface area contributed by atoms with Crippen molar-refractivity contribution in [2.75, 3.05) is 19.7 Å². The third-order valence-electron chi connectivity index (χ3n) is 4.49. The fraction of sp³-hybridized carbons (Fsp3) is 0.750. The Kier molecular flexibility index (Phi) is 4.76. The van der Waals surface area contributed by atoms with Crippen molar-refractivity contribution in [3.05, 3.63) is 23.7 Å². The van der Waals surface area contributed by atoms with Crippen LogP contribution in [0, 0.1) is 0 Å². The predicted octanol–water partition coefficient (Wildman–Crippen LogP) is 2.53. The van der Waals surface area contributed by atoms with E-state index in [-0.39, 0.29) is 0 Å². The van der Waals surface area contributed by atoms with Crippen molar-refractivity contribution < 1.29 is 9.15 Å². The molecule has 3 rings (SSSR count). The SMILES string of the molecule is CCNCc1coc(CN2CCOC3CCCCC32)c1. The van der Waals surface area contributed by atoms with Gasteiger partial charge in [0.2, 0.25) is 0 Å². The van der Waals surface area contributed by atoms with E-state index in [9.17, 15) is 0 Å². The monoisotopic (exact) mass is 278 g/mol. The Labute approximate surface area is 121 Å². The molecular formula is C16H26N2O2. The second-order valence-corrected chi connectivity index (χ2v) is 5.93. The molecule has 0 aromatic carbocycles. The molecule has 1 aliphatic carbocycles. The van der Waals surface area contributed by atoms with Gasteiger partial charge in [-0.3, -0.25) is 4.90 Å². The minimum atomic E-state index is 0.452. The quantitative estimate of drug-likeness (QED) is 0.898. The zero-order valence-corrected chi connectivity index (χ0v) is 12.4. The number of nitrogens with one attached hydrogen (secondary N) is 1. The lowest BCUT2D eigenvalue weighted by atomic mass is 9.90. The summed E-state index contributed by atoms with van der Waals surface area (Å²) in [7, 11) is 0. The highest BCUT2D eigenvalue weighted by Gasteiger charge is 2.34. The maximum atomic E-state index is 5.93. The van der Waals surface area contributed by atoms with Gasteiger partial charge in [0.15, 0.2) is 0 Å². The highest BCUT2D eigenvalue weighted by molar-refractivity contribution is 5.13. The van der Waals surface area contributed by atoms with Crippen molar-refractivity contribution in [1.82, 2.24) is 10.2 Å². The van der Waals surface area contributed by atoms with Crippen molar-refractivity contribution in [3.63, 3.8) is 0 Å². The molecule has 1 aromatic heterocycles. The van der Waals surface area contributed by atoms with Crippen molar-refractivity contribution in [2.45, 2.75) is 57.8 Å². The third-order valence-corrected chi connectivity index (χ3v) is 4.49. The van der Waals surface area contributed by atoms with Gasteiger partial charge in [-0.25, -0.2) is 0 Å². The Morgan fingerprint density at radius 2 is 2.25 bits per heavy atom. The average molecular weight is 278 g/mol. The molecule has 4 nitrogen and oxygen atoms in total. The Bertz CT molecular complexity index is 416. The van der Waals surface area contributed by atoms with Crippen LogP contribution in [0.4, 0.5) is 0 Å². The van der Waals surface area contributed by atoms with Crippen LogP contribution in [0.2, 0.25) is 0 Å². The maximum Gasteiger partial charge on any atom is 0.118 e. The molecule has 112 valence electrons. The molecule has 4 heteroatoms. The van der Waals surface area contributed by atoms with Gasteiger partial charge in [0.25, 0.3) is 0 Å². The van der Waals surface area contributed by atoms with Gasteiger partial charge in [-0.15, -0.1) is 0 Å². The average Bonchev–Trinajstić information content (AvgIpc) is 2.93. The van der Waals surface area contributed by atoms with Gasteiger partial charge in [0.1, 0.15) is 5.76 Å². The molecular weight excluding hydrogens is 252 g/mol. The summed E-state index contributed by atoms with van der Waals surface area (Å²) in [6.07, 6.45) is 7.50. The van der Waals surface area contributed by atoms with Crippen LogP contribution in [0.15, 0.2) is 16.7 Å². The molecule has 2 heterocycles. The standard InChI is InChI=1S/C16H26N2O2/c1-2-17-10-13-9-14(20-12-13)11-18-7-8-19-16-6-4-3-5-15(16)18/h9,12,15-17H,2-8,10-11H2,1H3. The fourth-order valence-corrected chi connectivity index (χ4v) is 3.44. The first-order valence-corrected chi connectivity index (χ1v) is 7.99. The third kappa shape index (κ3) is 3.25. The molecule has 2 unspecified atom stereocenters. The zero-order chi connectivity index (χ0) is 13.8. The normalized spacial score (nSPS) is 27.4. The van der Waals surface area contributed by atoms with Crippen LogP contribution < -0.4 is 5.32 Å². The molecule has 20 heavy (non-hydrogen) atoms. The largest absolute Gasteiger partial charge is 0.468 e. The molecule has 0 radical (unpaired) electrons. The summed E-state index contributed by atoms with van der Waals surface area (Å²) in [5, 5.41) is 3.33. The highest BCUT2D eigenvalue weighted by atomic mass is 16.5. The van der Waals surface area contributed by atoms with Crippen LogP contribution in [0.3, 0.4) is 0 Å². The van der Waals surface area contributed by atoms with Crippen LogP contribution in [0.1, 0.15) is 43.9 Å². The highest BCUT2D eigenvalue weighted by Crippen LogP contribution is 2.29. The molecule has 2 aliphatic rings. The van der Waals surface area contributed by atoms with Gasteiger partial charge in [-0.1, -0.05) is 19.8 Å². The lowest BCUT2D eigenvalue weighted by Gasteiger charge is -2.43. The van der Waals surface area contributed by atoms with E-state index in [2.05, 4.69) is 23.2 Å². The first-order chi connectivity index (χ1) is 9.86. The Hall–Kier alpha value is -0.840. The van der Waals surface area contributed by atoms with Crippen LogP contribution in [-0.2, 0) is 17.8 Å². The number of furan rings is 1. The summed E-state index contributed by atoms with van der Waals surface area (Å²) in [4.78, 5) is 2.56. The van der Waals surface area contributed by atoms with E-state index < -0.39 is 0 Å². The van der Waals surface area contributed by atoms with Crippen molar-refractivity contribution >= 4 is 0 Å². The molecule has 1 N–H and O–H groups in total. The summed E-state index contributed by atoms with van der Waals surface area (Å²) in [6.45, 7) is 6.84. The second kappa shape index (κ2) is 6.74. The lowest BCUT2D eigenvalue weighted by Crippen LogP contribution is -2.52. The lowest BCUT2D eigenvalue weighted by molar-refractivity contribution is -0.0926. The molecule has 1 saturated heterocycles.